The highest BCUT2D eigenvalue weighted by atomic mass is 16.5. The number of nitrogens with zero attached hydrogens (tertiary/aromatic N) is 3. The first kappa shape index (κ1) is 19.5. The smallest absolute Gasteiger partial charge is 0.147 e. The van der Waals surface area contributed by atoms with Gasteiger partial charge in [0.1, 0.15) is 35.4 Å². The Morgan fingerprint density at radius 1 is 1.10 bits per heavy atom. The van der Waals surface area contributed by atoms with Gasteiger partial charge in [0.15, 0.2) is 0 Å². The number of aromatic nitrogens is 4. The van der Waals surface area contributed by atoms with E-state index in [9.17, 15) is 0 Å². The lowest BCUT2D eigenvalue weighted by Gasteiger charge is -2.26. The van der Waals surface area contributed by atoms with Gasteiger partial charge in [-0.1, -0.05) is 6.07 Å². The molecule has 0 spiro atoms. The molecule has 0 saturated carbocycles. The van der Waals surface area contributed by atoms with Crippen LogP contribution in [-0.4, -0.2) is 70.1 Å². The maximum Gasteiger partial charge on any atom is 0.147 e. The van der Waals surface area contributed by atoms with Gasteiger partial charge in [0.25, 0.3) is 0 Å². The van der Waals surface area contributed by atoms with Gasteiger partial charge < -0.3 is 25.2 Å². The van der Waals surface area contributed by atoms with Crippen molar-refractivity contribution < 1.29 is 9.47 Å². The average Bonchev–Trinajstić information content (AvgIpc) is 3.37. The first-order valence-corrected chi connectivity index (χ1v) is 10.4. The van der Waals surface area contributed by atoms with Crippen LogP contribution in [0.3, 0.4) is 0 Å². The minimum Gasteiger partial charge on any atom is -0.490 e. The lowest BCUT2D eigenvalue weighted by Crippen LogP contribution is -2.38. The predicted molar refractivity (Wildman–Crippen MR) is 119 cm³/mol. The molecule has 1 aliphatic heterocycles. The van der Waals surface area contributed by atoms with Crippen LogP contribution < -0.4 is 10.5 Å². The van der Waals surface area contributed by atoms with Gasteiger partial charge in [0.2, 0.25) is 0 Å². The van der Waals surface area contributed by atoms with Crippen molar-refractivity contribution in [2.45, 2.75) is 6.42 Å². The number of amidine groups is 1. The second kappa shape index (κ2) is 8.37. The number of hydrogen-bond acceptors (Lipinski definition) is 6. The number of aromatic amines is 2. The van der Waals surface area contributed by atoms with Crippen molar-refractivity contribution >= 4 is 27.9 Å². The van der Waals surface area contributed by atoms with E-state index in [1.54, 1.807) is 0 Å². The van der Waals surface area contributed by atoms with Crippen LogP contribution in [0.5, 0.6) is 5.75 Å². The minimum atomic E-state index is 0.0323. The number of nitrogens with one attached hydrogen (secondary N) is 3. The van der Waals surface area contributed by atoms with E-state index in [0.29, 0.717) is 18.6 Å². The Morgan fingerprint density at radius 3 is 2.74 bits per heavy atom. The first-order valence-electron chi connectivity index (χ1n) is 10.4. The second-order valence-electron chi connectivity index (χ2n) is 7.64. The van der Waals surface area contributed by atoms with Crippen molar-refractivity contribution in [3.63, 3.8) is 0 Å². The van der Waals surface area contributed by atoms with E-state index in [0.717, 1.165) is 72.3 Å². The molecule has 160 valence electrons. The summed E-state index contributed by atoms with van der Waals surface area (Å²) >= 11 is 0. The monoisotopic (exact) mass is 419 g/mol. The molecule has 0 unspecified atom stereocenters. The molecule has 0 aliphatic carbocycles. The summed E-state index contributed by atoms with van der Waals surface area (Å²) in [5.41, 5.74) is 9.70. The molecular weight excluding hydrogens is 394 g/mol. The number of morpholine rings is 1. The minimum absolute atomic E-state index is 0.0323. The largest absolute Gasteiger partial charge is 0.490 e. The summed E-state index contributed by atoms with van der Waals surface area (Å²) in [6.45, 7) is 4.96. The molecule has 2 aromatic carbocycles. The van der Waals surface area contributed by atoms with Crippen molar-refractivity contribution in [1.82, 2.24) is 24.8 Å². The Bertz CT molecular complexity index is 1220. The van der Waals surface area contributed by atoms with E-state index in [1.165, 1.54) is 0 Å². The molecule has 5 N–H and O–H groups in total. The highest BCUT2D eigenvalue weighted by Gasteiger charge is 2.13. The SMILES string of the molecule is N=C(N)c1ccc2[nH]c(Cc3nc4c(OCCN5CCOCC5)cccc4[nH]3)nc2c1. The molecule has 3 heterocycles. The van der Waals surface area contributed by atoms with Crippen LogP contribution in [-0.2, 0) is 11.2 Å². The second-order valence-corrected chi connectivity index (χ2v) is 7.64. The van der Waals surface area contributed by atoms with Crippen molar-refractivity contribution in [2.24, 2.45) is 5.73 Å². The number of H-pyrrole nitrogens is 2. The number of fused-ring (bicyclic) bond motifs is 2. The maximum atomic E-state index is 7.59. The highest BCUT2D eigenvalue weighted by molar-refractivity contribution is 5.97. The molecule has 2 aromatic heterocycles. The topological polar surface area (TPSA) is 129 Å². The summed E-state index contributed by atoms with van der Waals surface area (Å²) in [4.78, 5) is 18.4. The number of para-hydroxylation sites is 1. The summed E-state index contributed by atoms with van der Waals surface area (Å²) in [5.74, 6) is 2.42. The van der Waals surface area contributed by atoms with E-state index in [4.69, 9.17) is 25.6 Å². The fourth-order valence-corrected chi connectivity index (χ4v) is 3.84. The fourth-order valence-electron chi connectivity index (χ4n) is 3.84. The highest BCUT2D eigenvalue weighted by Crippen LogP contribution is 2.24. The molecule has 0 amide bonds. The molecule has 0 atom stereocenters. The predicted octanol–water partition coefficient (Wildman–Crippen LogP) is 2.03. The number of benzene rings is 2. The number of ether oxygens (including phenoxy) is 2. The third-order valence-electron chi connectivity index (χ3n) is 5.47. The van der Waals surface area contributed by atoms with Crippen molar-refractivity contribution in [3.8, 4) is 5.75 Å². The summed E-state index contributed by atoms with van der Waals surface area (Å²) in [5, 5.41) is 7.59. The number of nitrogen functional groups attached to an aromatic ring is 1. The summed E-state index contributed by atoms with van der Waals surface area (Å²) in [6.07, 6.45) is 0.534. The summed E-state index contributed by atoms with van der Waals surface area (Å²) < 4.78 is 11.4. The third-order valence-corrected chi connectivity index (χ3v) is 5.47. The van der Waals surface area contributed by atoms with Crippen LogP contribution in [0.25, 0.3) is 22.1 Å². The average molecular weight is 419 g/mol. The van der Waals surface area contributed by atoms with Gasteiger partial charge in [-0.25, -0.2) is 9.97 Å². The Kier molecular flexibility index (Phi) is 5.27. The normalized spacial score (nSPS) is 15.0. The molecule has 1 aliphatic rings. The number of imidazole rings is 2. The van der Waals surface area contributed by atoms with E-state index in [1.807, 2.05) is 36.4 Å². The van der Waals surface area contributed by atoms with Gasteiger partial charge in [0.05, 0.1) is 36.2 Å². The van der Waals surface area contributed by atoms with Gasteiger partial charge in [-0.3, -0.25) is 10.3 Å². The van der Waals surface area contributed by atoms with Gasteiger partial charge in [0, 0.05) is 25.2 Å². The van der Waals surface area contributed by atoms with E-state index in [2.05, 4.69) is 19.9 Å². The van der Waals surface area contributed by atoms with Crippen LogP contribution in [0.15, 0.2) is 36.4 Å². The molecule has 4 aromatic rings. The van der Waals surface area contributed by atoms with E-state index in [-0.39, 0.29) is 5.84 Å². The van der Waals surface area contributed by atoms with Gasteiger partial charge in [-0.05, 0) is 30.3 Å². The Hall–Kier alpha value is -3.43. The van der Waals surface area contributed by atoms with Crippen LogP contribution >= 0.6 is 0 Å². The van der Waals surface area contributed by atoms with E-state index < -0.39 is 0 Å². The van der Waals surface area contributed by atoms with Crippen molar-refractivity contribution in [3.05, 3.63) is 53.6 Å². The molecule has 1 fully saturated rings. The first-order chi connectivity index (χ1) is 15.2. The summed E-state index contributed by atoms with van der Waals surface area (Å²) in [6, 6.07) is 11.4. The summed E-state index contributed by atoms with van der Waals surface area (Å²) in [7, 11) is 0. The quantitative estimate of drug-likeness (QED) is 0.268. The molecule has 1 saturated heterocycles. The Balaban J connectivity index is 1.31. The third kappa shape index (κ3) is 4.23. The Morgan fingerprint density at radius 2 is 1.90 bits per heavy atom. The number of hydrogen-bond donors (Lipinski definition) is 4. The number of rotatable bonds is 7. The zero-order valence-electron chi connectivity index (χ0n) is 17.1. The van der Waals surface area contributed by atoms with Crippen molar-refractivity contribution in [1.29, 1.82) is 5.41 Å². The molecule has 9 heteroatoms. The zero-order chi connectivity index (χ0) is 21.2. The fraction of sp³-hybridized carbons (Fsp3) is 0.318. The Labute approximate surface area is 179 Å². The van der Waals surface area contributed by atoms with Crippen molar-refractivity contribution in [2.75, 3.05) is 39.5 Å². The maximum absolute atomic E-state index is 7.59. The van der Waals surface area contributed by atoms with Gasteiger partial charge in [-0.2, -0.15) is 0 Å². The molecule has 9 nitrogen and oxygen atoms in total. The standard InChI is InChI=1S/C22H25N7O2/c23-22(24)14-4-5-15-17(12-14)27-19(25-15)13-20-26-16-2-1-3-18(21(16)28-20)31-11-8-29-6-9-30-10-7-29/h1-5,12H,6-11,13H2,(H3,23,24)(H,25,27)(H,26,28). The van der Waals surface area contributed by atoms with Gasteiger partial charge in [-0.15, -0.1) is 0 Å². The molecule has 0 radical (unpaired) electrons. The number of nitrogens with two attached hydrogens (primary N) is 1. The molecular formula is C22H25N7O2. The van der Waals surface area contributed by atoms with Crippen LogP contribution in [0.2, 0.25) is 0 Å². The van der Waals surface area contributed by atoms with Gasteiger partial charge >= 0.3 is 0 Å². The molecule has 0 bridgehead atoms. The molecule has 5 rings (SSSR count). The zero-order valence-corrected chi connectivity index (χ0v) is 17.1. The van der Waals surface area contributed by atoms with Crippen LogP contribution in [0.1, 0.15) is 17.2 Å². The van der Waals surface area contributed by atoms with Crippen LogP contribution in [0, 0.1) is 5.41 Å². The molecule has 31 heavy (non-hydrogen) atoms. The van der Waals surface area contributed by atoms with E-state index >= 15 is 0 Å². The van der Waals surface area contributed by atoms with Crippen LogP contribution in [0.4, 0.5) is 0 Å². The lowest BCUT2D eigenvalue weighted by atomic mass is 10.2. The lowest BCUT2D eigenvalue weighted by molar-refractivity contribution is 0.0323.